The van der Waals surface area contributed by atoms with Crippen molar-refractivity contribution >= 4 is 5.91 Å². The SMILES string of the molecule is CCOc1cc2c(cc1CN[C@@H]1CCC(=O)N[C@H]1c1cc(F)cc(F)c1)OCO2. The van der Waals surface area contributed by atoms with Gasteiger partial charge in [-0.1, -0.05) is 0 Å². The van der Waals surface area contributed by atoms with Crippen LogP contribution in [0.25, 0.3) is 0 Å². The van der Waals surface area contributed by atoms with Crippen LogP contribution in [0.3, 0.4) is 0 Å². The summed E-state index contributed by atoms with van der Waals surface area (Å²) in [6.45, 7) is 2.99. The van der Waals surface area contributed by atoms with Gasteiger partial charge in [0.1, 0.15) is 17.4 Å². The number of piperidine rings is 1. The summed E-state index contributed by atoms with van der Waals surface area (Å²) in [4.78, 5) is 11.9. The van der Waals surface area contributed by atoms with E-state index >= 15 is 0 Å². The molecule has 2 atom stereocenters. The van der Waals surface area contributed by atoms with Crippen molar-refractivity contribution in [1.29, 1.82) is 0 Å². The summed E-state index contributed by atoms with van der Waals surface area (Å²) in [5.74, 6) is 0.468. The van der Waals surface area contributed by atoms with E-state index in [4.69, 9.17) is 14.2 Å². The molecule has 0 saturated carbocycles. The van der Waals surface area contributed by atoms with Crippen LogP contribution in [-0.4, -0.2) is 25.3 Å². The van der Waals surface area contributed by atoms with Crippen LogP contribution in [0.15, 0.2) is 30.3 Å². The summed E-state index contributed by atoms with van der Waals surface area (Å²) >= 11 is 0. The molecule has 0 unspecified atom stereocenters. The van der Waals surface area contributed by atoms with Crippen molar-refractivity contribution < 1.29 is 27.8 Å². The highest BCUT2D eigenvalue weighted by Gasteiger charge is 2.30. The Balaban J connectivity index is 1.55. The number of benzene rings is 2. The minimum atomic E-state index is -0.673. The third-order valence-corrected chi connectivity index (χ3v) is 5.06. The zero-order valence-corrected chi connectivity index (χ0v) is 16.0. The van der Waals surface area contributed by atoms with Gasteiger partial charge in [-0.3, -0.25) is 4.79 Å². The number of hydrogen-bond acceptors (Lipinski definition) is 5. The van der Waals surface area contributed by atoms with Crippen LogP contribution >= 0.6 is 0 Å². The standard InChI is InChI=1S/C21H22F2N2O4/c1-2-27-17-9-19-18(28-11-29-19)7-13(17)10-24-16-3-4-20(26)25-21(16)12-5-14(22)8-15(23)6-12/h5-9,16,21,24H,2-4,10-11H2,1H3,(H,25,26)/t16-,21+/m1/s1. The molecule has 6 nitrogen and oxygen atoms in total. The Hall–Kier alpha value is -2.87. The number of rotatable bonds is 6. The van der Waals surface area contributed by atoms with Crippen molar-refractivity contribution in [3.8, 4) is 17.2 Å². The van der Waals surface area contributed by atoms with Gasteiger partial charge in [-0.05, 0) is 37.1 Å². The second-order valence-corrected chi connectivity index (χ2v) is 7.02. The molecule has 0 aliphatic carbocycles. The second-order valence-electron chi connectivity index (χ2n) is 7.02. The van der Waals surface area contributed by atoms with Crippen LogP contribution in [0.2, 0.25) is 0 Å². The van der Waals surface area contributed by atoms with E-state index in [0.29, 0.717) is 48.8 Å². The Morgan fingerprint density at radius 2 is 1.86 bits per heavy atom. The van der Waals surface area contributed by atoms with Gasteiger partial charge in [-0.25, -0.2) is 8.78 Å². The fourth-order valence-corrected chi connectivity index (χ4v) is 3.72. The van der Waals surface area contributed by atoms with E-state index in [0.717, 1.165) is 11.6 Å². The molecule has 2 aliphatic rings. The van der Waals surface area contributed by atoms with E-state index in [2.05, 4.69) is 10.6 Å². The molecule has 1 saturated heterocycles. The van der Waals surface area contributed by atoms with Gasteiger partial charge in [0.05, 0.1) is 12.6 Å². The number of nitrogens with one attached hydrogen (secondary N) is 2. The van der Waals surface area contributed by atoms with E-state index in [1.807, 2.05) is 13.0 Å². The predicted molar refractivity (Wildman–Crippen MR) is 101 cm³/mol. The molecule has 2 aliphatic heterocycles. The molecule has 2 heterocycles. The Morgan fingerprint density at radius 1 is 1.14 bits per heavy atom. The highest BCUT2D eigenvalue weighted by atomic mass is 19.1. The van der Waals surface area contributed by atoms with Gasteiger partial charge < -0.3 is 24.8 Å². The van der Waals surface area contributed by atoms with Crippen LogP contribution < -0.4 is 24.8 Å². The van der Waals surface area contributed by atoms with E-state index in [1.54, 1.807) is 6.07 Å². The summed E-state index contributed by atoms with van der Waals surface area (Å²) in [5.41, 5.74) is 1.26. The van der Waals surface area contributed by atoms with Gasteiger partial charge in [0.25, 0.3) is 0 Å². The second kappa shape index (κ2) is 8.24. The van der Waals surface area contributed by atoms with E-state index in [9.17, 15) is 13.6 Å². The van der Waals surface area contributed by atoms with Crippen molar-refractivity contribution in [2.24, 2.45) is 0 Å². The van der Waals surface area contributed by atoms with Gasteiger partial charge in [-0.2, -0.15) is 0 Å². The van der Waals surface area contributed by atoms with Gasteiger partial charge in [0, 0.05) is 36.7 Å². The number of carbonyl (C=O) groups excluding carboxylic acids is 1. The first-order valence-corrected chi connectivity index (χ1v) is 9.57. The summed E-state index contributed by atoms with van der Waals surface area (Å²) in [7, 11) is 0. The molecule has 0 spiro atoms. The van der Waals surface area contributed by atoms with Gasteiger partial charge >= 0.3 is 0 Å². The fraction of sp³-hybridized carbons (Fsp3) is 0.381. The molecule has 29 heavy (non-hydrogen) atoms. The quantitative estimate of drug-likeness (QED) is 0.774. The minimum absolute atomic E-state index is 0.143. The molecule has 2 N–H and O–H groups in total. The van der Waals surface area contributed by atoms with Gasteiger partial charge in [0.2, 0.25) is 12.7 Å². The summed E-state index contributed by atoms with van der Waals surface area (Å²) in [6.07, 6.45) is 0.884. The number of carbonyl (C=O) groups is 1. The number of halogens is 2. The highest BCUT2D eigenvalue weighted by molar-refractivity contribution is 5.77. The molecule has 0 aromatic heterocycles. The Labute approximate surface area is 167 Å². The Bertz CT molecular complexity index is 902. The summed E-state index contributed by atoms with van der Waals surface area (Å²) in [5, 5.41) is 6.24. The highest BCUT2D eigenvalue weighted by Crippen LogP contribution is 2.38. The molecular formula is C21H22F2N2O4. The largest absolute Gasteiger partial charge is 0.493 e. The molecule has 1 fully saturated rings. The van der Waals surface area contributed by atoms with Crippen LogP contribution in [0.4, 0.5) is 8.78 Å². The van der Waals surface area contributed by atoms with Crippen LogP contribution in [0, 0.1) is 11.6 Å². The average Bonchev–Trinajstić information content (AvgIpc) is 3.13. The maximum atomic E-state index is 13.7. The van der Waals surface area contributed by atoms with Crippen molar-refractivity contribution in [2.75, 3.05) is 13.4 Å². The van der Waals surface area contributed by atoms with Crippen LogP contribution in [-0.2, 0) is 11.3 Å². The smallest absolute Gasteiger partial charge is 0.231 e. The van der Waals surface area contributed by atoms with E-state index in [-0.39, 0.29) is 18.7 Å². The maximum Gasteiger partial charge on any atom is 0.231 e. The molecule has 1 amide bonds. The number of ether oxygens (including phenoxy) is 3. The molecular weight excluding hydrogens is 382 g/mol. The lowest BCUT2D eigenvalue weighted by molar-refractivity contribution is -0.123. The maximum absolute atomic E-state index is 13.7. The zero-order chi connectivity index (χ0) is 20.4. The molecule has 8 heteroatoms. The molecule has 0 bridgehead atoms. The van der Waals surface area contributed by atoms with Crippen LogP contribution in [0.5, 0.6) is 17.2 Å². The Morgan fingerprint density at radius 3 is 2.59 bits per heavy atom. The van der Waals surface area contributed by atoms with Crippen molar-refractivity contribution in [3.63, 3.8) is 0 Å². The van der Waals surface area contributed by atoms with Gasteiger partial charge in [0.15, 0.2) is 11.5 Å². The van der Waals surface area contributed by atoms with Crippen molar-refractivity contribution in [2.45, 2.75) is 38.4 Å². The van der Waals surface area contributed by atoms with Crippen molar-refractivity contribution in [3.05, 3.63) is 53.1 Å². The topological polar surface area (TPSA) is 68.8 Å². The molecule has 2 aromatic rings. The number of fused-ring (bicyclic) bond motifs is 1. The molecule has 4 rings (SSSR count). The molecule has 0 radical (unpaired) electrons. The monoisotopic (exact) mass is 404 g/mol. The van der Waals surface area contributed by atoms with Crippen LogP contribution in [0.1, 0.15) is 36.9 Å². The molecule has 154 valence electrons. The van der Waals surface area contributed by atoms with E-state index < -0.39 is 17.7 Å². The first-order valence-electron chi connectivity index (χ1n) is 9.57. The number of hydrogen-bond donors (Lipinski definition) is 2. The first kappa shape index (κ1) is 19.4. The lowest BCUT2D eigenvalue weighted by Gasteiger charge is -2.33. The summed E-state index contributed by atoms with van der Waals surface area (Å²) in [6, 6.07) is 6.24. The zero-order valence-electron chi connectivity index (χ0n) is 16.0. The summed E-state index contributed by atoms with van der Waals surface area (Å²) < 4.78 is 44.0. The van der Waals surface area contributed by atoms with E-state index in [1.165, 1.54) is 12.1 Å². The average molecular weight is 404 g/mol. The lowest BCUT2D eigenvalue weighted by Crippen LogP contribution is -2.48. The third kappa shape index (κ3) is 4.27. The first-order chi connectivity index (χ1) is 14.0. The third-order valence-electron chi connectivity index (χ3n) is 5.06. The number of amides is 1. The van der Waals surface area contributed by atoms with Gasteiger partial charge in [-0.15, -0.1) is 0 Å². The lowest BCUT2D eigenvalue weighted by atomic mass is 9.91. The van der Waals surface area contributed by atoms with Crippen molar-refractivity contribution in [1.82, 2.24) is 10.6 Å². The minimum Gasteiger partial charge on any atom is -0.493 e. The molecule has 2 aromatic carbocycles. The Kier molecular flexibility index (Phi) is 5.53. The normalized spacial score (nSPS) is 20.4. The fourth-order valence-electron chi connectivity index (χ4n) is 3.72. The predicted octanol–water partition coefficient (Wildman–Crippen LogP) is 3.20.